The number of hydrogen-bond donors (Lipinski definition) is 1. The number of carbonyl (C=O) groups is 1. The molecular formula is C14H8FNO4. The first-order valence-electron chi connectivity index (χ1n) is 5.70. The molecule has 3 rings (SSSR count). The minimum atomic E-state index is -1.34. The zero-order valence-corrected chi connectivity index (χ0v) is 10.0. The Balaban J connectivity index is 1.90. The Labute approximate surface area is 112 Å². The van der Waals surface area contributed by atoms with Crippen molar-refractivity contribution in [2.24, 2.45) is 0 Å². The molecule has 2 aromatic carbocycles. The molecule has 0 amide bonds. The monoisotopic (exact) mass is 273 g/mol. The van der Waals surface area contributed by atoms with Crippen molar-refractivity contribution >= 4 is 17.1 Å². The Bertz CT molecular complexity index is 764. The van der Waals surface area contributed by atoms with Crippen molar-refractivity contribution < 1.29 is 23.4 Å². The summed E-state index contributed by atoms with van der Waals surface area (Å²) in [6, 6.07) is 10.5. The van der Waals surface area contributed by atoms with Crippen LogP contribution in [0, 0.1) is 5.82 Å². The average molecular weight is 273 g/mol. The molecule has 0 atom stereocenters. The van der Waals surface area contributed by atoms with Gasteiger partial charge in [0.25, 0.3) is 0 Å². The van der Waals surface area contributed by atoms with Gasteiger partial charge in [0.1, 0.15) is 17.1 Å². The average Bonchev–Trinajstić information content (AvgIpc) is 2.80. The van der Waals surface area contributed by atoms with E-state index in [2.05, 4.69) is 4.98 Å². The highest BCUT2D eigenvalue weighted by molar-refractivity contribution is 5.88. The second kappa shape index (κ2) is 4.65. The van der Waals surface area contributed by atoms with Crippen molar-refractivity contribution in [1.82, 2.24) is 4.98 Å². The first-order chi connectivity index (χ1) is 9.63. The molecule has 1 N–H and O–H groups in total. The summed E-state index contributed by atoms with van der Waals surface area (Å²) in [4.78, 5) is 14.8. The maximum Gasteiger partial charge on any atom is 0.400 e. The van der Waals surface area contributed by atoms with E-state index in [9.17, 15) is 9.18 Å². The molecule has 0 bridgehead atoms. The van der Waals surface area contributed by atoms with Gasteiger partial charge in [0.05, 0.1) is 5.56 Å². The van der Waals surface area contributed by atoms with E-state index in [0.29, 0.717) is 11.1 Å². The number of rotatable bonds is 3. The summed E-state index contributed by atoms with van der Waals surface area (Å²) in [6.45, 7) is 0. The zero-order valence-electron chi connectivity index (χ0n) is 10.0. The third-order valence-electron chi connectivity index (χ3n) is 2.65. The number of hydrogen-bond acceptors (Lipinski definition) is 4. The van der Waals surface area contributed by atoms with Gasteiger partial charge in [-0.2, -0.15) is 4.98 Å². The predicted octanol–water partition coefficient (Wildman–Crippen LogP) is 3.46. The Morgan fingerprint density at radius 2 is 2.05 bits per heavy atom. The minimum Gasteiger partial charge on any atom is -0.478 e. The highest BCUT2D eigenvalue weighted by atomic mass is 19.1. The molecule has 0 aliphatic carbocycles. The fourth-order valence-electron chi connectivity index (χ4n) is 1.73. The Hall–Kier alpha value is -2.89. The van der Waals surface area contributed by atoms with Crippen LogP contribution in [-0.2, 0) is 0 Å². The lowest BCUT2D eigenvalue weighted by molar-refractivity contribution is 0.0692. The molecule has 0 fully saturated rings. The van der Waals surface area contributed by atoms with E-state index >= 15 is 0 Å². The number of aromatic nitrogens is 1. The largest absolute Gasteiger partial charge is 0.478 e. The quantitative estimate of drug-likeness (QED) is 0.791. The summed E-state index contributed by atoms with van der Waals surface area (Å²) >= 11 is 0. The van der Waals surface area contributed by atoms with Crippen LogP contribution in [0.4, 0.5) is 4.39 Å². The van der Waals surface area contributed by atoms with Gasteiger partial charge < -0.3 is 14.3 Å². The summed E-state index contributed by atoms with van der Waals surface area (Å²) in [5.74, 6) is -2.11. The van der Waals surface area contributed by atoms with E-state index in [1.807, 2.05) is 0 Å². The normalized spacial score (nSPS) is 10.7. The van der Waals surface area contributed by atoms with Gasteiger partial charge >= 0.3 is 12.0 Å². The maximum atomic E-state index is 13.5. The van der Waals surface area contributed by atoms with Crippen LogP contribution < -0.4 is 4.74 Å². The second-order valence-corrected chi connectivity index (χ2v) is 4.00. The van der Waals surface area contributed by atoms with Crippen LogP contribution in [0.2, 0.25) is 0 Å². The molecule has 0 spiro atoms. The number of halogens is 1. The molecule has 5 nitrogen and oxygen atoms in total. The van der Waals surface area contributed by atoms with Gasteiger partial charge in [-0.25, -0.2) is 9.18 Å². The van der Waals surface area contributed by atoms with E-state index in [1.54, 1.807) is 24.3 Å². The topological polar surface area (TPSA) is 72.6 Å². The molecule has 1 aromatic heterocycles. The van der Waals surface area contributed by atoms with Crippen molar-refractivity contribution in [1.29, 1.82) is 0 Å². The molecule has 0 aliphatic heterocycles. The molecule has 3 aromatic rings. The van der Waals surface area contributed by atoms with E-state index in [-0.39, 0.29) is 11.8 Å². The van der Waals surface area contributed by atoms with Gasteiger partial charge in [0, 0.05) is 6.07 Å². The zero-order chi connectivity index (χ0) is 14.1. The molecule has 0 saturated carbocycles. The van der Waals surface area contributed by atoms with Gasteiger partial charge in [0.2, 0.25) is 0 Å². The number of carboxylic acids is 1. The van der Waals surface area contributed by atoms with Crippen LogP contribution in [-0.4, -0.2) is 16.1 Å². The summed E-state index contributed by atoms with van der Waals surface area (Å²) in [5.41, 5.74) is 0.741. The standard InChI is InChI=1S/C14H8FNO4/c15-10-7-8(5-6-9(10)13(17)18)19-14-16-11-3-1-2-4-12(11)20-14/h1-7H,(H,17,18). The summed E-state index contributed by atoms with van der Waals surface area (Å²) in [6.07, 6.45) is -0.0336. The Kier molecular flexibility index (Phi) is 2.83. The van der Waals surface area contributed by atoms with Gasteiger partial charge in [-0.15, -0.1) is 0 Å². The van der Waals surface area contributed by atoms with Crippen LogP contribution in [0.15, 0.2) is 46.9 Å². The van der Waals surface area contributed by atoms with Crippen molar-refractivity contribution in [2.45, 2.75) is 0 Å². The third kappa shape index (κ3) is 2.18. The van der Waals surface area contributed by atoms with E-state index < -0.39 is 17.3 Å². The SMILES string of the molecule is O=C(O)c1ccc(Oc2nc3ccccc3o2)cc1F. The number of para-hydroxylation sites is 2. The smallest absolute Gasteiger partial charge is 0.400 e. The van der Waals surface area contributed by atoms with Crippen molar-refractivity contribution in [3.63, 3.8) is 0 Å². The fraction of sp³-hybridized carbons (Fsp3) is 0. The van der Waals surface area contributed by atoms with Crippen molar-refractivity contribution in [3.8, 4) is 11.8 Å². The Morgan fingerprint density at radius 1 is 1.25 bits per heavy atom. The number of fused-ring (bicyclic) bond motifs is 1. The molecule has 0 saturated heterocycles. The van der Waals surface area contributed by atoms with Crippen LogP contribution in [0.5, 0.6) is 11.8 Å². The first-order valence-corrected chi connectivity index (χ1v) is 5.70. The lowest BCUT2D eigenvalue weighted by atomic mass is 10.2. The number of carboxylic acid groups (broad SMARTS) is 1. The number of benzene rings is 2. The summed E-state index contributed by atoms with van der Waals surface area (Å²) < 4.78 is 24.1. The van der Waals surface area contributed by atoms with E-state index in [4.69, 9.17) is 14.3 Å². The molecule has 20 heavy (non-hydrogen) atoms. The minimum absolute atomic E-state index is 0.0336. The van der Waals surface area contributed by atoms with Gasteiger partial charge in [-0.3, -0.25) is 0 Å². The van der Waals surface area contributed by atoms with Gasteiger partial charge in [0.15, 0.2) is 5.58 Å². The number of aromatic carboxylic acids is 1. The highest BCUT2D eigenvalue weighted by Gasteiger charge is 2.13. The molecule has 100 valence electrons. The first kappa shape index (κ1) is 12.2. The van der Waals surface area contributed by atoms with Crippen LogP contribution in [0.1, 0.15) is 10.4 Å². The molecule has 0 radical (unpaired) electrons. The molecular weight excluding hydrogens is 265 g/mol. The van der Waals surface area contributed by atoms with Crippen LogP contribution in [0.25, 0.3) is 11.1 Å². The lowest BCUT2D eigenvalue weighted by Gasteiger charge is -2.02. The number of nitrogens with zero attached hydrogens (tertiary/aromatic N) is 1. The number of oxazole rings is 1. The van der Waals surface area contributed by atoms with Crippen LogP contribution >= 0.6 is 0 Å². The lowest BCUT2D eigenvalue weighted by Crippen LogP contribution is -2.00. The van der Waals surface area contributed by atoms with Crippen molar-refractivity contribution in [3.05, 3.63) is 53.8 Å². The second-order valence-electron chi connectivity index (χ2n) is 4.00. The summed E-state index contributed by atoms with van der Waals surface area (Å²) in [7, 11) is 0. The van der Waals surface area contributed by atoms with E-state index in [1.165, 1.54) is 6.07 Å². The van der Waals surface area contributed by atoms with Crippen LogP contribution in [0.3, 0.4) is 0 Å². The summed E-state index contributed by atoms with van der Waals surface area (Å²) in [5, 5.41) is 8.73. The van der Waals surface area contributed by atoms with Crippen molar-refractivity contribution in [2.75, 3.05) is 0 Å². The molecule has 0 aliphatic rings. The molecule has 0 unspecified atom stereocenters. The van der Waals surface area contributed by atoms with Gasteiger partial charge in [-0.05, 0) is 24.3 Å². The predicted molar refractivity (Wildman–Crippen MR) is 67.4 cm³/mol. The van der Waals surface area contributed by atoms with E-state index in [0.717, 1.165) is 12.1 Å². The maximum absolute atomic E-state index is 13.5. The molecule has 1 heterocycles. The highest BCUT2D eigenvalue weighted by Crippen LogP contribution is 2.26. The Morgan fingerprint density at radius 3 is 2.75 bits per heavy atom. The van der Waals surface area contributed by atoms with Gasteiger partial charge in [-0.1, -0.05) is 12.1 Å². The molecule has 6 heteroatoms. The number of ether oxygens (including phenoxy) is 1. The third-order valence-corrected chi connectivity index (χ3v) is 2.65. The fourth-order valence-corrected chi connectivity index (χ4v) is 1.73.